The first-order valence-electron chi connectivity index (χ1n) is 15.5. The molecule has 0 aromatic heterocycles. The van der Waals surface area contributed by atoms with Crippen molar-refractivity contribution in [1.82, 2.24) is 0 Å². The third-order valence-electron chi connectivity index (χ3n) is 6.99. The molecule has 0 rings (SSSR count). The highest BCUT2D eigenvalue weighted by molar-refractivity contribution is 7.46. The van der Waals surface area contributed by atoms with Gasteiger partial charge in [-0.1, -0.05) is 0 Å². The van der Waals surface area contributed by atoms with Crippen LogP contribution in [0.2, 0.25) is 0 Å². The minimum atomic E-state index is -4.34. The number of ether oxygens (including phenoxy) is 2. The molecule has 4 unspecified atom stereocenters. The molecule has 0 spiro atoms. The van der Waals surface area contributed by atoms with Gasteiger partial charge in [-0.2, -0.15) is 20.8 Å². The summed E-state index contributed by atoms with van der Waals surface area (Å²) in [7, 11) is -1.43. The van der Waals surface area contributed by atoms with E-state index in [-0.39, 0.29) is 65.3 Å². The lowest BCUT2D eigenvalue weighted by Crippen LogP contribution is -2.45. The van der Waals surface area contributed by atoms with Crippen LogP contribution in [0, 0.1) is 22.7 Å². The van der Waals surface area contributed by atoms with E-state index < -0.39 is 38.7 Å². The minimum absolute atomic E-state index is 0.0241. The lowest BCUT2D eigenvalue weighted by molar-refractivity contribution is -0.890. The second-order valence-electron chi connectivity index (χ2n) is 12.6. The van der Waals surface area contributed by atoms with Crippen LogP contribution >= 0.6 is 15.6 Å². The average Bonchev–Trinajstić information content (AvgIpc) is 2.97. The summed E-state index contributed by atoms with van der Waals surface area (Å²) in [5.74, 6) is -1.14. The van der Waals surface area contributed by atoms with Gasteiger partial charge >= 0.3 is 11.9 Å². The van der Waals surface area contributed by atoms with Crippen molar-refractivity contribution in [3.8, 4) is 12.1 Å². The Hall–Kier alpha value is -2.34. The number of phosphoric ester groups is 2. The average molecular weight is 727 g/mol. The van der Waals surface area contributed by atoms with E-state index in [9.17, 15) is 39.0 Å². The zero-order chi connectivity index (χ0) is 37.1. The van der Waals surface area contributed by atoms with Crippen LogP contribution < -0.4 is 9.79 Å². The van der Waals surface area contributed by atoms with Gasteiger partial charge in [0.15, 0.2) is 11.1 Å². The van der Waals surface area contributed by atoms with Gasteiger partial charge in [0, 0.05) is 12.8 Å². The first-order valence-corrected chi connectivity index (χ1v) is 18.4. The third kappa shape index (κ3) is 21.6. The van der Waals surface area contributed by atoms with Crippen molar-refractivity contribution < 1.29 is 65.0 Å². The fraction of sp³-hybridized carbons (Fsp3) is 0.857. The molecular formula is C28H52N6O12P2. The van der Waals surface area contributed by atoms with Gasteiger partial charge in [-0.25, -0.2) is 0 Å². The summed E-state index contributed by atoms with van der Waals surface area (Å²) >= 11 is 0. The lowest BCUT2D eigenvalue weighted by atomic mass is 9.97. The van der Waals surface area contributed by atoms with Gasteiger partial charge in [0.05, 0.1) is 53.5 Å². The molecule has 20 heteroatoms. The lowest BCUT2D eigenvalue weighted by Gasteiger charge is -2.31. The molecule has 4 atom stereocenters. The molecule has 0 N–H and O–H groups in total. The van der Waals surface area contributed by atoms with Crippen molar-refractivity contribution in [2.45, 2.75) is 64.5 Å². The molecule has 0 bridgehead atoms. The number of rotatable bonds is 26. The zero-order valence-electron chi connectivity index (χ0n) is 29.4. The maximum absolute atomic E-state index is 12.3. The number of nitrogens with zero attached hydrogens (tertiary/aromatic N) is 6. The minimum Gasteiger partial charge on any atom is -0.756 e. The number of azo groups is 1. The Balaban J connectivity index is 4.72. The van der Waals surface area contributed by atoms with Crippen LogP contribution in [-0.2, 0) is 46.3 Å². The molecular weight excluding hydrogens is 674 g/mol. The second-order valence-corrected chi connectivity index (χ2v) is 15.4. The first kappa shape index (κ1) is 45.7. The summed E-state index contributed by atoms with van der Waals surface area (Å²) in [5, 5.41) is 27.5. The summed E-state index contributed by atoms with van der Waals surface area (Å²) in [5.41, 5.74) is -2.88. The van der Waals surface area contributed by atoms with Crippen molar-refractivity contribution >= 4 is 27.6 Å². The van der Waals surface area contributed by atoms with Crippen LogP contribution in [0.3, 0.4) is 0 Å². The largest absolute Gasteiger partial charge is 0.756 e. The molecule has 0 aromatic rings. The smallest absolute Gasteiger partial charge is 0.306 e. The van der Waals surface area contributed by atoms with Gasteiger partial charge in [0.2, 0.25) is 0 Å². The second kappa shape index (κ2) is 21.0. The zero-order valence-corrected chi connectivity index (χ0v) is 31.2. The number of quaternary nitrogens is 2. The summed E-state index contributed by atoms with van der Waals surface area (Å²) in [6, 6.07) is 3.99. The quantitative estimate of drug-likeness (QED) is 0.0535. The molecule has 276 valence electrons. The molecule has 0 aliphatic heterocycles. The highest BCUT2D eigenvalue weighted by Gasteiger charge is 2.30. The Labute approximate surface area is 283 Å². The van der Waals surface area contributed by atoms with Crippen LogP contribution in [-0.4, -0.2) is 126 Å². The molecule has 0 radical (unpaired) electrons. The van der Waals surface area contributed by atoms with Crippen LogP contribution in [0.1, 0.15) is 53.4 Å². The van der Waals surface area contributed by atoms with E-state index in [0.29, 0.717) is 35.1 Å². The van der Waals surface area contributed by atoms with Crippen LogP contribution in [0.5, 0.6) is 0 Å². The first-order chi connectivity index (χ1) is 22.1. The van der Waals surface area contributed by atoms with E-state index in [4.69, 9.17) is 18.5 Å². The van der Waals surface area contributed by atoms with Gasteiger partial charge in [0.1, 0.15) is 52.6 Å². The molecule has 0 aliphatic rings. The molecule has 0 saturated heterocycles. The van der Waals surface area contributed by atoms with Gasteiger partial charge < -0.3 is 46.3 Å². The topological polar surface area (TPSA) is 242 Å². The molecule has 0 aliphatic carbocycles. The summed E-state index contributed by atoms with van der Waals surface area (Å²) in [6.07, 6.45) is -0.358. The van der Waals surface area contributed by atoms with Crippen LogP contribution in [0.4, 0.5) is 0 Å². The molecule has 0 fully saturated rings. The van der Waals surface area contributed by atoms with Gasteiger partial charge in [0.25, 0.3) is 15.6 Å². The Morgan fingerprint density at radius 1 is 0.667 bits per heavy atom. The normalized spacial score (nSPS) is 17.2. The van der Waals surface area contributed by atoms with Crippen LogP contribution in [0.25, 0.3) is 0 Å². The number of hydrogen-bond acceptors (Lipinski definition) is 16. The van der Waals surface area contributed by atoms with Crippen molar-refractivity contribution in [3.05, 3.63) is 0 Å². The predicted molar refractivity (Wildman–Crippen MR) is 167 cm³/mol. The third-order valence-corrected chi connectivity index (χ3v) is 9.14. The number of hydrogen-bond donors (Lipinski definition) is 0. The Morgan fingerprint density at radius 2 is 0.979 bits per heavy atom. The van der Waals surface area contributed by atoms with Gasteiger partial charge in [-0.15, -0.1) is 0 Å². The highest BCUT2D eigenvalue weighted by Crippen LogP contribution is 2.38. The molecule has 0 amide bonds. The number of carbonyl (C=O) groups excluding carboxylic acids is 2. The fourth-order valence-corrected chi connectivity index (χ4v) is 4.93. The van der Waals surface area contributed by atoms with E-state index in [2.05, 4.69) is 19.3 Å². The van der Waals surface area contributed by atoms with E-state index in [1.807, 2.05) is 40.3 Å². The van der Waals surface area contributed by atoms with Gasteiger partial charge in [-0.3, -0.25) is 18.7 Å². The van der Waals surface area contributed by atoms with Crippen molar-refractivity contribution in [1.29, 1.82) is 10.5 Å². The molecule has 0 saturated carbocycles. The maximum Gasteiger partial charge on any atom is 0.306 e. The SMILES string of the molecule is CCOP(=O)([O-])OCC[N+](C)(C)CCOC(=O)CCC(C)(C#N)N=NC(C)(C#N)CCC(=O)OCC[N+](C)(C)CCOP(=O)([O-])OCC. The van der Waals surface area contributed by atoms with E-state index in [0.717, 1.165) is 0 Å². The molecule has 18 nitrogen and oxygen atoms in total. The fourth-order valence-electron chi connectivity index (χ4n) is 3.54. The summed E-state index contributed by atoms with van der Waals surface area (Å²) in [4.78, 5) is 47.7. The molecule has 0 heterocycles. The highest BCUT2D eigenvalue weighted by atomic mass is 31.2. The number of esters is 2. The van der Waals surface area contributed by atoms with Crippen LogP contribution in [0.15, 0.2) is 10.2 Å². The Morgan fingerprint density at radius 3 is 1.27 bits per heavy atom. The summed E-state index contributed by atoms with van der Waals surface area (Å²) < 4.78 is 52.8. The van der Waals surface area contributed by atoms with E-state index in [1.54, 1.807) is 0 Å². The number of likely N-dealkylation sites (N-methyl/N-ethyl adjacent to an activating group) is 2. The van der Waals surface area contributed by atoms with E-state index >= 15 is 0 Å². The van der Waals surface area contributed by atoms with Crippen molar-refractivity contribution in [2.24, 2.45) is 10.2 Å². The molecule has 48 heavy (non-hydrogen) atoms. The number of nitriles is 2. The number of carbonyl (C=O) groups is 2. The summed E-state index contributed by atoms with van der Waals surface area (Å²) in [6.45, 7) is 7.22. The van der Waals surface area contributed by atoms with Gasteiger partial charge in [-0.05, 0) is 40.5 Å². The standard InChI is InChI=1S/C28H52N6O12P2/c1-9-43-47(37,38)45-21-17-33(5,6)15-19-41-25(35)11-13-27(3,23-29)31-32-28(4,24-30)14-12-26(36)42-20-16-34(7,8)18-22-46-48(39,40)44-10-2/h9-22H2,1-8H3. The monoisotopic (exact) mass is 726 g/mol. The number of phosphoric acid groups is 2. The predicted octanol–water partition coefficient (Wildman–Crippen LogP) is 1.85. The van der Waals surface area contributed by atoms with E-state index in [1.165, 1.54) is 27.7 Å². The van der Waals surface area contributed by atoms with Crippen molar-refractivity contribution in [2.75, 3.05) is 94.0 Å². The Bertz CT molecular complexity index is 1150. The molecule has 0 aromatic carbocycles. The maximum atomic E-state index is 12.3. The van der Waals surface area contributed by atoms with Crippen molar-refractivity contribution in [3.63, 3.8) is 0 Å². The Kier molecular flexibility index (Phi) is 20.0.